The molecule has 5 heteroatoms. The van der Waals surface area contributed by atoms with E-state index < -0.39 is 5.54 Å². The highest BCUT2D eigenvalue weighted by Crippen LogP contribution is 2.49. The molecular weight excluding hydrogens is 398 g/mol. The van der Waals surface area contributed by atoms with Crippen molar-refractivity contribution in [1.29, 1.82) is 0 Å². The number of hydrazone groups is 1. The van der Waals surface area contributed by atoms with E-state index in [1.807, 2.05) is 66.5 Å². The van der Waals surface area contributed by atoms with E-state index in [2.05, 4.69) is 41.3 Å². The molecule has 0 radical (unpaired) electrons. The van der Waals surface area contributed by atoms with E-state index in [1.165, 1.54) is 0 Å². The number of hydrogen-bond acceptors (Lipinski definition) is 5. The first kappa shape index (κ1) is 20.5. The zero-order valence-corrected chi connectivity index (χ0v) is 18.2. The zero-order chi connectivity index (χ0) is 22.0. The van der Waals surface area contributed by atoms with Crippen molar-refractivity contribution in [3.63, 3.8) is 0 Å². The van der Waals surface area contributed by atoms with Crippen molar-refractivity contribution in [3.8, 4) is 0 Å². The average molecular weight is 426 g/mol. The van der Waals surface area contributed by atoms with E-state index in [-0.39, 0.29) is 11.9 Å². The molecule has 32 heavy (non-hydrogen) atoms. The van der Waals surface area contributed by atoms with Crippen LogP contribution in [0.15, 0.2) is 96.1 Å². The van der Waals surface area contributed by atoms with Crippen molar-refractivity contribution < 1.29 is 9.53 Å². The van der Waals surface area contributed by atoms with Crippen LogP contribution >= 0.6 is 0 Å². The quantitative estimate of drug-likeness (QED) is 0.558. The Kier molecular flexibility index (Phi) is 5.50. The van der Waals surface area contributed by atoms with Gasteiger partial charge in [-0.2, -0.15) is 5.10 Å². The fraction of sp³-hybridized carbons (Fsp3) is 0.259. The molecule has 3 aromatic rings. The van der Waals surface area contributed by atoms with E-state index in [9.17, 15) is 4.79 Å². The third kappa shape index (κ3) is 3.30. The first-order valence-electron chi connectivity index (χ1n) is 11.2. The minimum absolute atomic E-state index is 0.157. The summed E-state index contributed by atoms with van der Waals surface area (Å²) in [6.45, 7) is 3.62. The lowest BCUT2D eigenvalue weighted by atomic mass is 9.72. The van der Waals surface area contributed by atoms with Crippen LogP contribution in [0.1, 0.15) is 24.5 Å². The molecule has 3 aromatic carbocycles. The van der Waals surface area contributed by atoms with Crippen LogP contribution in [0.3, 0.4) is 0 Å². The Balaban J connectivity index is 1.76. The van der Waals surface area contributed by atoms with E-state index in [0.29, 0.717) is 13.3 Å². The van der Waals surface area contributed by atoms with Gasteiger partial charge in [0.2, 0.25) is 0 Å². The maximum atomic E-state index is 13.3. The molecule has 0 aliphatic carbocycles. The lowest BCUT2D eigenvalue weighted by molar-refractivity contribution is -0.150. The summed E-state index contributed by atoms with van der Waals surface area (Å²) in [6, 6.07) is 30.7. The van der Waals surface area contributed by atoms with Crippen LogP contribution in [0.25, 0.3) is 0 Å². The van der Waals surface area contributed by atoms with Gasteiger partial charge in [0.25, 0.3) is 0 Å². The molecule has 2 aliphatic heterocycles. The molecule has 0 amide bonds. The summed E-state index contributed by atoms with van der Waals surface area (Å²) in [5.74, 6) is -0.489. The molecular formula is C27H27N3O2. The number of hydrogen-bond donors (Lipinski definition) is 0. The van der Waals surface area contributed by atoms with Crippen LogP contribution in [-0.2, 0) is 15.1 Å². The Labute approximate surface area is 188 Å². The Morgan fingerprint density at radius 2 is 1.59 bits per heavy atom. The van der Waals surface area contributed by atoms with Crippen LogP contribution in [0, 0.1) is 5.92 Å². The fourth-order valence-electron chi connectivity index (χ4n) is 5.14. The summed E-state index contributed by atoms with van der Waals surface area (Å²) in [6.07, 6.45) is 0.724. The first-order valence-corrected chi connectivity index (χ1v) is 11.2. The van der Waals surface area contributed by atoms with Gasteiger partial charge in [0.1, 0.15) is 5.54 Å². The van der Waals surface area contributed by atoms with Gasteiger partial charge in [-0.15, -0.1) is 0 Å². The van der Waals surface area contributed by atoms with E-state index in [0.717, 1.165) is 35.5 Å². The molecule has 1 saturated heterocycles. The second kappa shape index (κ2) is 8.60. The lowest BCUT2D eigenvalue weighted by Crippen LogP contribution is -2.60. The smallest absolute Gasteiger partial charge is 0.311 e. The van der Waals surface area contributed by atoms with Gasteiger partial charge >= 0.3 is 5.97 Å². The van der Waals surface area contributed by atoms with Gasteiger partial charge in [-0.05, 0) is 31.0 Å². The molecule has 1 fully saturated rings. The summed E-state index contributed by atoms with van der Waals surface area (Å²) in [5, 5.41) is 7.25. The molecule has 5 rings (SSSR count). The van der Waals surface area contributed by atoms with Gasteiger partial charge < -0.3 is 4.74 Å². The van der Waals surface area contributed by atoms with E-state index >= 15 is 0 Å². The Morgan fingerprint density at radius 1 is 0.969 bits per heavy atom. The molecule has 0 N–H and O–H groups in total. The predicted octanol–water partition coefficient (Wildman–Crippen LogP) is 4.65. The number of rotatable bonds is 5. The van der Waals surface area contributed by atoms with Crippen LogP contribution in [0.2, 0.25) is 0 Å². The molecule has 2 atom stereocenters. The molecule has 0 bridgehead atoms. The number of esters is 1. The molecule has 2 heterocycles. The van der Waals surface area contributed by atoms with Crippen LogP contribution in [-0.4, -0.2) is 36.4 Å². The van der Waals surface area contributed by atoms with Gasteiger partial charge in [-0.3, -0.25) is 14.7 Å². The van der Waals surface area contributed by atoms with Gasteiger partial charge in [-0.1, -0.05) is 78.9 Å². The Hall–Kier alpha value is -3.44. The second-order valence-electron chi connectivity index (χ2n) is 8.18. The highest BCUT2D eigenvalue weighted by Gasteiger charge is 2.59. The molecule has 0 spiro atoms. The van der Waals surface area contributed by atoms with Gasteiger partial charge in [-0.25, -0.2) is 0 Å². The summed E-state index contributed by atoms with van der Waals surface area (Å²) >= 11 is 0. The standard InChI is InChI=1S/C27H27N3O2/c1-2-32-26(31)24-18-19-29-20-30(23-16-10-5-11-17-23)28-25(21-12-6-3-7-13-21)27(24,29)22-14-8-4-9-15-22/h3-17,24H,2,18-20H2,1H3/t24-,27+/m0/s1. The van der Waals surface area contributed by atoms with Crippen LogP contribution in [0.4, 0.5) is 5.69 Å². The summed E-state index contributed by atoms with van der Waals surface area (Å²) < 4.78 is 5.58. The number of carbonyl (C=O) groups is 1. The Morgan fingerprint density at radius 3 is 2.25 bits per heavy atom. The molecule has 0 aromatic heterocycles. The predicted molar refractivity (Wildman–Crippen MR) is 126 cm³/mol. The van der Waals surface area contributed by atoms with Gasteiger partial charge in [0.15, 0.2) is 0 Å². The monoisotopic (exact) mass is 425 g/mol. The average Bonchev–Trinajstić information content (AvgIpc) is 3.26. The molecule has 5 nitrogen and oxygen atoms in total. The van der Waals surface area contributed by atoms with Crippen molar-refractivity contribution in [2.45, 2.75) is 18.9 Å². The van der Waals surface area contributed by atoms with Crippen LogP contribution in [0.5, 0.6) is 0 Å². The minimum Gasteiger partial charge on any atom is -0.466 e. The molecule has 0 saturated carbocycles. The maximum absolute atomic E-state index is 13.3. The van der Waals surface area contributed by atoms with E-state index in [1.54, 1.807) is 0 Å². The third-order valence-corrected chi connectivity index (χ3v) is 6.46. The maximum Gasteiger partial charge on any atom is 0.311 e. The van der Waals surface area contributed by atoms with Crippen LogP contribution < -0.4 is 5.01 Å². The minimum atomic E-state index is -0.680. The molecule has 162 valence electrons. The fourth-order valence-corrected chi connectivity index (χ4v) is 5.14. The lowest BCUT2D eigenvalue weighted by Gasteiger charge is -2.48. The van der Waals surface area contributed by atoms with Gasteiger partial charge in [0, 0.05) is 12.1 Å². The highest BCUT2D eigenvalue weighted by molar-refractivity contribution is 6.11. The number of ether oxygens (including phenoxy) is 1. The SMILES string of the molecule is CCOC(=O)[C@@H]1CCN2CN(c3ccccc3)N=C(c3ccccc3)[C@@]12c1ccccc1. The highest BCUT2D eigenvalue weighted by atomic mass is 16.5. The number of fused-ring (bicyclic) bond motifs is 1. The normalized spacial score (nSPS) is 22.8. The number of anilines is 1. The van der Waals surface area contributed by atoms with Crippen molar-refractivity contribution in [1.82, 2.24) is 4.90 Å². The van der Waals surface area contributed by atoms with Crippen molar-refractivity contribution in [2.75, 3.05) is 24.8 Å². The first-order chi connectivity index (χ1) is 15.7. The number of nitrogens with zero attached hydrogens (tertiary/aromatic N) is 3. The number of carbonyl (C=O) groups excluding carboxylic acids is 1. The van der Waals surface area contributed by atoms with E-state index in [4.69, 9.17) is 9.84 Å². The third-order valence-electron chi connectivity index (χ3n) is 6.46. The molecule has 0 unspecified atom stereocenters. The van der Waals surface area contributed by atoms with Crippen molar-refractivity contribution in [3.05, 3.63) is 102 Å². The molecule has 2 aliphatic rings. The number of para-hydroxylation sites is 1. The van der Waals surface area contributed by atoms with Gasteiger partial charge in [0.05, 0.1) is 30.6 Å². The summed E-state index contributed by atoms with van der Waals surface area (Å²) in [7, 11) is 0. The van der Waals surface area contributed by atoms with Crippen molar-refractivity contribution in [2.24, 2.45) is 11.0 Å². The summed E-state index contributed by atoms with van der Waals surface area (Å²) in [5.41, 5.74) is 3.32. The zero-order valence-electron chi connectivity index (χ0n) is 18.2. The summed E-state index contributed by atoms with van der Waals surface area (Å²) in [4.78, 5) is 15.7. The largest absolute Gasteiger partial charge is 0.466 e. The number of benzene rings is 3. The van der Waals surface area contributed by atoms with Crippen molar-refractivity contribution >= 4 is 17.4 Å². The topological polar surface area (TPSA) is 45.1 Å². The second-order valence-corrected chi connectivity index (χ2v) is 8.18. The Bertz CT molecular complexity index is 1100.